The summed E-state index contributed by atoms with van der Waals surface area (Å²) < 4.78 is 26.9. The maximum Gasteiger partial charge on any atom is 0.275 e. The zero-order valence-electron chi connectivity index (χ0n) is 14.2. The molecule has 0 saturated carbocycles. The number of phenolic OH excluding ortho intramolecular Hbond substituents is 1. The van der Waals surface area contributed by atoms with Gasteiger partial charge in [0.2, 0.25) is 5.91 Å². The van der Waals surface area contributed by atoms with Crippen LogP contribution in [0.1, 0.15) is 17.3 Å². The third-order valence-corrected chi connectivity index (χ3v) is 4.82. The molecule has 1 heterocycles. The van der Waals surface area contributed by atoms with Crippen molar-refractivity contribution in [3.8, 4) is 16.9 Å². The highest BCUT2D eigenvalue weighted by Crippen LogP contribution is 2.27. The lowest BCUT2D eigenvalue weighted by Gasteiger charge is -2.12. The SMILES string of the molecule is CCN1C(=O)CS/C1=N/NC(=O)c1cc(-c2cc(F)cc(F)c2)ccc1O. The van der Waals surface area contributed by atoms with Crippen LogP contribution in [-0.4, -0.2) is 39.3 Å². The molecule has 0 radical (unpaired) electrons. The minimum atomic E-state index is -0.752. The number of amides is 2. The number of hydrogen-bond acceptors (Lipinski definition) is 5. The molecule has 0 spiro atoms. The smallest absolute Gasteiger partial charge is 0.275 e. The van der Waals surface area contributed by atoms with Gasteiger partial charge in [0.15, 0.2) is 5.17 Å². The lowest BCUT2D eigenvalue weighted by molar-refractivity contribution is -0.123. The van der Waals surface area contributed by atoms with E-state index in [1.165, 1.54) is 34.9 Å². The van der Waals surface area contributed by atoms with Crippen LogP contribution in [0.25, 0.3) is 11.1 Å². The standard InChI is InChI=1S/C18H15F2N3O3S/c1-2-23-16(25)9-27-18(23)22-21-17(26)14-7-10(3-4-15(14)24)11-5-12(19)8-13(20)6-11/h3-8,24H,2,9H2,1H3,(H,21,26)/b22-18+. The molecule has 140 valence electrons. The summed E-state index contributed by atoms with van der Waals surface area (Å²) in [6, 6.07) is 6.99. The van der Waals surface area contributed by atoms with Crippen molar-refractivity contribution in [3.05, 3.63) is 53.6 Å². The number of hydrogen-bond donors (Lipinski definition) is 2. The Balaban J connectivity index is 1.86. The van der Waals surface area contributed by atoms with Gasteiger partial charge in [0.05, 0.1) is 11.3 Å². The Bertz CT molecular complexity index is 929. The number of nitrogens with zero attached hydrogens (tertiary/aromatic N) is 2. The Morgan fingerprint density at radius 1 is 1.22 bits per heavy atom. The molecule has 3 rings (SSSR count). The molecule has 27 heavy (non-hydrogen) atoms. The minimum absolute atomic E-state index is 0.103. The van der Waals surface area contributed by atoms with Gasteiger partial charge in [0, 0.05) is 12.6 Å². The van der Waals surface area contributed by atoms with Crippen molar-refractivity contribution in [2.45, 2.75) is 6.92 Å². The summed E-state index contributed by atoms with van der Waals surface area (Å²) in [7, 11) is 0. The summed E-state index contributed by atoms with van der Waals surface area (Å²) in [5.74, 6) is -2.39. The Morgan fingerprint density at radius 3 is 2.59 bits per heavy atom. The Labute approximate surface area is 157 Å². The lowest BCUT2D eigenvalue weighted by Crippen LogP contribution is -2.31. The van der Waals surface area contributed by atoms with E-state index in [2.05, 4.69) is 10.5 Å². The summed E-state index contributed by atoms with van der Waals surface area (Å²) in [6.45, 7) is 2.21. The number of aromatic hydroxyl groups is 1. The quantitative estimate of drug-likeness (QED) is 0.786. The van der Waals surface area contributed by atoms with Crippen LogP contribution in [0.5, 0.6) is 5.75 Å². The van der Waals surface area contributed by atoms with Gasteiger partial charge in [-0.25, -0.2) is 14.2 Å². The van der Waals surface area contributed by atoms with Crippen molar-refractivity contribution in [2.24, 2.45) is 5.10 Å². The zero-order chi connectivity index (χ0) is 19.6. The van der Waals surface area contributed by atoms with Crippen LogP contribution in [-0.2, 0) is 4.79 Å². The maximum absolute atomic E-state index is 13.4. The van der Waals surface area contributed by atoms with Gasteiger partial charge in [-0.05, 0) is 42.3 Å². The number of amidine groups is 1. The van der Waals surface area contributed by atoms with Gasteiger partial charge in [0.25, 0.3) is 5.91 Å². The summed E-state index contributed by atoms with van der Waals surface area (Å²) in [6.07, 6.45) is 0. The van der Waals surface area contributed by atoms with E-state index in [0.717, 1.165) is 18.2 Å². The molecular weight excluding hydrogens is 376 g/mol. The average Bonchev–Trinajstić information content (AvgIpc) is 2.98. The van der Waals surface area contributed by atoms with Crippen LogP contribution >= 0.6 is 11.8 Å². The second-order valence-electron chi connectivity index (χ2n) is 5.65. The fraction of sp³-hybridized carbons (Fsp3) is 0.167. The molecule has 0 aliphatic carbocycles. The molecule has 1 aliphatic rings. The largest absolute Gasteiger partial charge is 0.507 e. The molecule has 0 atom stereocenters. The van der Waals surface area contributed by atoms with Gasteiger partial charge in [0.1, 0.15) is 17.4 Å². The molecular formula is C18H15F2N3O3S. The first-order chi connectivity index (χ1) is 12.9. The van der Waals surface area contributed by atoms with Crippen molar-refractivity contribution < 1.29 is 23.5 Å². The number of benzene rings is 2. The molecule has 2 amide bonds. The fourth-order valence-electron chi connectivity index (χ4n) is 2.57. The average molecular weight is 391 g/mol. The molecule has 6 nitrogen and oxygen atoms in total. The second-order valence-corrected chi connectivity index (χ2v) is 6.59. The first-order valence-corrected chi connectivity index (χ1v) is 8.98. The fourth-order valence-corrected chi connectivity index (χ4v) is 3.48. The van der Waals surface area contributed by atoms with Crippen molar-refractivity contribution in [3.63, 3.8) is 0 Å². The van der Waals surface area contributed by atoms with E-state index in [1.54, 1.807) is 6.92 Å². The van der Waals surface area contributed by atoms with Gasteiger partial charge in [-0.1, -0.05) is 17.8 Å². The third-order valence-electron chi connectivity index (χ3n) is 3.86. The molecule has 0 unspecified atom stereocenters. The highest BCUT2D eigenvalue weighted by Gasteiger charge is 2.27. The van der Waals surface area contributed by atoms with Gasteiger partial charge < -0.3 is 5.11 Å². The third kappa shape index (κ3) is 4.08. The molecule has 9 heteroatoms. The Morgan fingerprint density at radius 2 is 1.93 bits per heavy atom. The van der Waals surface area contributed by atoms with Crippen molar-refractivity contribution in [1.82, 2.24) is 10.3 Å². The topological polar surface area (TPSA) is 82.0 Å². The molecule has 0 bridgehead atoms. The van der Waals surface area contributed by atoms with Crippen LogP contribution in [0.15, 0.2) is 41.5 Å². The van der Waals surface area contributed by atoms with E-state index in [1.807, 2.05) is 0 Å². The number of phenols is 1. The normalized spacial score (nSPS) is 15.4. The predicted molar refractivity (Wildman–Crippen MR) is 98.2 cm³/mol. The number of rotatable bonds is 4. The lowest BCUT2D eigenvalue weighted by atomic mass is 10.0. The summed E-state index contributed by atoms with van der Waals surface area (Å²) >= 11 is 1.19. The first kappa shape index (κ1) is 18.8. The van der Waals surface area contributed by atoms with Gasteiger partial charge in [-0.15, -0.1) is 5.10 Å². The molecule has 1 fully saturated rings. The van der Waals surface area contributed by atoms with Crippen molar-refractivity contribution in [1.29, 1.82) is 0 Å². The summed E-state index contributed by atoms with van der Waals surface area (Å²) in [4.78, 5) is 25.5. The molecule has 2 aromatic carbocycles. The maximum atomic E-state index is 13.4. The molecule has 1 saturated heterocycles. The number of halogens is 2. The van der Waals surface area contributed by atoms with Crippen LogP contribution in [0.2, 0.25) is 0 Å². The van der Waals surface area contributed by atoms with Crippen molar-refractivity contribution >= 4 is 28.7 Å². The molecule has 0 aromatic heterocycles. The molecule has 2 N–H and O–H groups in total. The minimum Gasteiger partial charge on any atom is -0.507 e. The number of thioether (sulfide) groups is 1. The van der Waals surface area contributed by atoms with E-state index >= 15 is 0 Å². The Hall–Kier alpha value is -2.94. The van der Waals surface area contributed by atoms with E-state index in [0.29, 0.717) is 17.3 Å². The van der Waals surface area contributed by atoms with Crippen LogP contribution < -0.4 is 5.43 Å². The zero-order valence-corrected chi connectivity index (χ0v) is 15.0. The van der Waals surface area contributed by atoms with E-state index in [-0.39, 0.29) is 28.5 Å². The first-order valence-electron chi connectivity index (χ1n) is 7.99. The number of hydrazone groups is 1. The van der Waals surface area contributed by atoms with Crippen LogP contribution in [0.3, 0.4) is 0 Å². The highest BCUT2D eigenvalue weighted by atomic mass is 32.2. The van der Waals surface area contributed by atoms with Gasteiger partial charge in [-0.2, -0.15) is 0 Å². The van der Waals surface area contributed by atoms with E-state index in [4.69, 9.17) is 0 Å². The number of carbonyl (C=O) groups excluding carboxylic acids is 2. The molecule has 2 aromatic rings. The van der Waals surface area contributed by atoms with Crippen LogP contribution in [0, 0.1) is 11.6 Å². The Kier molecular flexibility index (Phi) is 5.41. The predicted octanol–water partition coefficient (Wildman–Crippen LogP) is 2.93. The van der Waals surface area contributed by atoms with E-state index < -0.39 is 17.5 Å². The molecule has 1 aliphatic heterocycles. The van der Waals surface area contributed by atoms with E-state index in [9.17, 15) is 23.5 Å². The van der Waals surface area contributed by atoms with Gasteiger partial charge >= 0.3 is 0 Å². The summed E-state index contributed by atoms with van der Waals surface area (Å²) in [5, 5.41) is 14.3. The van der Waals surface area contributed by atoms with Crippen molar-refractivity contribution in [2.75, 3.05) is 12.3 Å². The number of nitrogens with one attached hydrogen (secondary N) is 1. The highest BCUT2D eigenvalue weighted by molar-refractivity contribution is 8.15. The second kappa shape index (κ2) is 7.75. The van der Waals surface area contributed by atoms with Crippen LogP contribution in [0.4, 0.5) is 8.78 Å². The number of carbonyl (C=O) groups is 2. The van der Waals surface area contributed by atoms with Gasteiger partial charge in [-0.3, -0.25) is 14.5 Å². The summed E-state index contributed by atoms with van der Waals surface area (Å²) in [5.41, 5.74) is 2.76. The monoisotopic (exact) mass is 391 g/mol.